The van der Waals surface area contributed by atoms with Crippen LogP contribution in [-0.2, 0) is 10.0 Å². The van der Waals surface area contributed by atoms with Gasteiger partial charge in [-0.2, -0.15) is 5.10 Å². The van der Waals surface area contributed by atoms with E-state index < -0.39 is 10.0 Å². The summed E-state index contributed by atoms with van der Waals surface area (Å²) in [5.74, 6) is -0.291. The molecule has 0 atom stereocenters. The summed E-state index contributed by atoms with van der Waals surface area (Å²) in [6.45, 7) is 3.89. The number of carbonyl (C=O) groups is 1. The first-order valence-corrected chi connectivity index (χ1v) is 11.4. The molecule has 0 saturated heterocycles. The number of aromatic nitrogens is 2. The Morgan fingerprint density at radius 1 is 0.875 bits per heavy atom. The number of hydrogen-bond donors (Lipinski definition) is 2. The lowest BCUT2D eigenvalue weighted by Gasteiger charge is -2.11. The van der Waals surface area contributed by atoms with Crippen molar-refractivity contribution in [2.45, 2.75) is 18.7 Å². The highest BCUT2D eigenvalue weighted by Gasteiger charge is 2.15. The van der Waals surface area contributed by atoms with Crippen LogP contribution in [0.15, 0.2) is 90.1 Å². The van der Waals surface area contributed by atoms with Gasteiger partial charge in [-0.3, -0.25) is 9.52 Å². The van der Waals surface area contributed by atoms with Gasteiger partial charge in [-0.25, -0.2) is 13.1 Å². The van der Waals surface area contributed by atoms with Crippen molar-refractivity contribution in [3.05, 3.63) is 102 Å². The van der Waals surface area contributed by atoms with Crippen LogP contribution in [0.4, 0.5) is 11.4 Å². The van der Waals surface area contributed by atoms with E-state index in [-0.39, 0.29) is 10.8 Å². The minimum atomic E-state index is -3.74. The minimum Gasteiger partial charge on any atom is -0.322 e. The van der Waals surface area contributed by atoms with E-state index in [0.717, 1.165) is 16.8 Å². The number of aryl methyl sites for hydroxylation is 2. The second-order valence-corrected chi connectivity index (χ2v) is 9.06. The van der Waals surface area contributed by atoms with Crippen LogP contribution in [0.1, 0.15) is 21.5 Å². The number of hydrogen-bond acceptors (Lipinski definition) is 4. The van der Waals surface area contributed by atoms with E-state index in [0.29, 0.717) is 16.9 Å². The van der Waals surface area contributed by atoms with Crippen LogP contribution in [0.5, 0.6) is 0 Å². The Morgan fingerprint density at radius 3 is 2.19 bits per heavy atom. The van der Waals surface area contributed by atoms with Crippen LogP contribution in [0.25, 0.3) is 5.69 Å². The van der Waals surface area contributed by atoms with Crippen molar-refractivity contribution in [2.24, 2.45) is 0 Å². The Morgan fingerprint density at radius 2 is 1.56 bits per heavy atom. The zero-order valence-corrected chi connectivity index (χ0v) is 18.4. The van der Waals surface area contributed by atoms with Gasteiger partial charge in [-0.05, 0) is 91.7 Å². The standard InChI is InChI=1S/C24H22N4O3S/c1-17-4-7-21(16-18(17)2)27-32(30,31)23-12-8-20(9-13-23)26-24(29)19-5-10-22(11-6-19)28-15-3-14-25-28/h3-16,27H,1-2H3,(H,26,29). The summed E-state index contributed by atoms with van der Waals surface area (Å²) < 4.78 is 29.6. The maximum atomic E-state index is 12.7. The van der Waals surface area contributed by atoms with E-state index in [9.17, 15) is 13.2 Å². The zero-order valence-electron chi connectivity index (χ0n) is 17.6. The molecule has 0 aliphatic carbocycles. The van der Waals surface area contributed by atoms with Crippen LogP contribution in [0.2, 0.25) is 0 Å². The third kappa shape index (κ3) is 4.70. The van der Waals surface area contributed by atoms with E-state index in [4.69, 9.17) is 0 Å². The molecule has 0 aliphatic heterocycles. The van der Waals surface area contributed by atoms with Crippen molar-refractivity contribution in [1.29, 1.82) is 0 Å². The van der Waals surface area contributed by atoms with Gasteiger partial charge in [0.15, 0.2) is 0 Å². The number of carbonyl (C=O) groups excluding carboxylic acids is 1. The fourth-order valence-corrected chi connectivity index (χ4v) is 4.18. The molecule has 0 aliphatic rings. The van der Waals surface area contributed by atoms with Crippen LogP contribution >= 0.6 is 0 Å². The Labute approximate surface area is 186 Å². The summed E-state index contributed by atoms with van der Waals surface area (Å²) >= 11 is 0. The van der Waals surface area contributed by atoms with E-state index in [1.165, 1.54) is 12.1 Å². The first-order valence-electron chi connectivity index (χ1n) is 9.93. The van der Waals surface area contributed by atoms with Crippen LogP contribution in [0, 0.1) is 13.8 Å². The third-order valence-electron chi connectivity index (χ3n) is 5.08. The fourth-order valence-electron chi connectivity index (χ4n) is 3.13. The smallest absolute Gasteiger partial charge is 0.261 e. The summed E-state index contributed by atoms with van der Waals surface area (Å²) in [5, 5.41) is 6.93. The van der Waals surface area contributed by atoms with Crippen LogP contribution in [0.3, 0.4) is 0 Å². The number of nitrogens with zero attached hydrogens (tertiary/aromatic N) is 2. The molecule has 0 unspecified atom stereocenters. The van der Waals surface area contributed by atoms with Crippen molar-refractivity contribution >= 4 is 27.3 Å². The highest BCUT2D eigenvalue weighted by molar-refractivity contribution is 7.92. The first kappa shape index (κ1) is 21.3. The molecule has 1 aromatic heterocycles. The number of nitrogens with one attached hydrogen (secondary N) is 2. The average molecular weight is 447 g/mol. The topological polar surface area (TPSA) is 93.1 Å². The molecule has 162 valence electrons. The van der Waals surface area contributed by atoms with Gasteiger partial charge in [0.05, 0.1) is 10.6 Å². The van der Waals surface area contributed by atoms with Gasteiger partial charge in [-0.1, -0.05) is 6.07 Å². The van der Waals surface area contributed by atoms with Gasteiger partial charge in [0.2, 0.25) is 0 Å². The van der Waals surface area contributed by atoms with Gasteiger partial charge in [0.25, 0.3) is 15.9 Å². The Hall–Kier alpha value is -3.91. The largest absolute Gasteiger partial charge is 0.322 e. The Kier molecular flexibility index (Phi) is 5.79. The van der Waals surface area contributed by atoms with E-state index in [2.05, 4.69) is 15.1 Å². The second-order valence-electron chi connectivity index (χ2n) is 7.38. The molecule has 0 saturated carbocycles. The SMILES string of the molecule is Cc1ccc(NS(=O)(=O)c2ccc(NC(=O)c3ccc(-n4cccn4)cc3)cc2)cc1C. The summed E-state index contributed by atoms with van der Waals surface area (Å²) in [7, 11) is -3.74. The van der Waals surface area contributed by atoms with Crippen molar-refractivity contribution < 1.29 is 13.2 Å². The number of rotatable bonds is 6. The molecule has 1 heterocycles. The van der Waals surface area contributed by atoms with E-state index in [1.807, 2.05) is 32.2 Å². The number of anilines is 2. The van der Waals surface area contributed by atoms with E-state index in [1.54, 1.807) is 59.4 Å². The predicted molar refractivity (Wildman–Crippen MR) is 125 cm³/mol. The molecule has 0 fully saturated rings. The summed E-state index contributed by atoms with van der Waals surface area (Å²) in [4.78, 5) is 12.6. The molecule has 0 bridgehead atoms. The molecule has 0 radical (unpaired) electrons. The lowest BCUT2D eigenvalue weighted by atomic mass is 10.1. The van der Waals surface area contributed by atoms with Crippen LogP contribution < -0.4 is 10.0 Å². The quantitative estimate of drug-likeness (QED) is 0.455. The molecule has 0 spiro atoms. The summed E-state index contributed by atoms with van der Waals surface area (Å²) in [5.41, 5.74) is 4.41. The lowest BCUT2D eigenvalue weighted by Crippen LogP contribution is -2.14. The highest BCUT2D eigenvalue weighted by Crippen LogP contribution is 2.21. The molecule has 1 amide bonds. The maximum Gasteiger partial charge on any atom is 0.261 e. The predicted octanol–water partition coefficient (Wildman–Crippen LogP) is 4.54. The molecular formula is C24H22N4O3S. The molecule has 4 rings (SSSR count). The van der Waals surface area contributed by atoms with Crippen molar-refractivity contribution in [1.82, 2.24) is 9.78 Å². The Bertz CT molecular complexity index is 1350. The highest BCUT2D eigenvalue weighted by atomic mass is 32.2. The van der Waals surface area contributed by atoms with Gasteiger partial charge in [0.1, 0.15) is 0 Å². The molecule has 3 aromatic carbocycles. The molecule has 7 nitrogen and oxygen atoms in total. The second kappa shape index (κ2) is 8.68. The minimum absolute atomic E-state index is 0.109. The van der Waals surface area contributed by atoms with Gasteiger partial charge >= 0.3 is 0 Å². The number of benzene rings is 3. The number of amides is 1. The zero-order chi connectivity index (χ0) is 22.7. The summed E-state index contributed by atoms with van der Waals surface area (Å²) in [6.07, 6.45) is 3.50. The lowest BCUT2D eigenvalue weighted by molar-refractivity contribution is 0.102. The van der Waals surface area contributed by atoms with Gasteiger partial charge < -0.3 is 5.32 Å². The number of sulfonamides is 1. The maximum absolute atomic E-state index is 12.7. The fraction of sp³-hybridized carbons (Fsp3) is 0.0833. The molecule has 4 aromatic rings. The van der Waals surface area contributed by atoms with Crippen molar-refractivity contribution in [2.75, 3.05) is 10.0 Å². The van der Waals surface area contributed by atoms with Crippen LogP contribution in [-0.4, -0.2) is 24.1 Å². The molecular weight excluding hydrogens is 424 g/mol. The van der Waals surface area contributed by atoms with Gasteiger partial charge in [-0.15, -0.1) is 0 Å². The monoisotopic (exact) mass is 446 g/mol. The first-order chi connectivity index (χ1) is 15.3. The molecule has 8 heteroatoms. The van der Waals surface area contributed by atoms with E-state index >= 15 is 0 Å². The summed E-state index contributed by atoms with van der Waals surface area (Å²) in [6, 6.07) is 20.3. The molecule has 2 N–H and O–H groups in total. The average Bonchev–Trinajstić information content (AvgIpc) is 3.32. The molecule has 32 heavy (non-hydrogen) atoms. The van der Waals surface area contributed by atoms with Gasteiger partial charge in [0, 0.05) is 29.3 Å². The van der Waals surface area contributed by atoms with Crippen molar-refractivity contribution in [3.8, 4) is 5.69 Å². The normalized spacial score (nSPS) is 11.2. The Balaban J connectivity index is 1.43. The third-order valence-corrected chi connectivity index (χ3v) is 6.48. The van der Waals surface area contributed by atoms with Crippen molar-refractivity contribution in [3.63, 3.8) is 0 Å².